The number of thiophene rings is 1. The van der Waals surface area contributed by atoms with Gasteiger partial charge in [0.15, 0.2) is 0 Å². The summed E-state index contributed by atoms with van der Waals surface area (Å²) in [7, 11) is 0. The van der Waals surface area contributed by atoms with Gasteiger partial charge in [-0.2, -0.15) is 0 Å². The highest BCUT2D eigenvalue weighted by atomic mass is 32.1. The number of fused-ring (bicyclic) bond motifs is 6. The average Bonchev–Trinajstić information content (AvgIpc) is 3.56. The topological polar surface area (TPSA) is 17.8 Å². The van der Waals surface area contributed by atoms with Gasteiger partial charge in [0.05, 0.1) is 16.7 Å². The second-order valence-corrected chi connectivity index (χ2v) is 10.7. The fourth-order valence-electron chi connectivity index (χ4n) is 5.64. The van der Waals surface area contributed by atoms with Crippen LogP contribution >= 0.6 is 11.3 Å². The highest BCUT2D eigenvalue weighted by Crippen LogP contribution is 2.39. The van der Waals surface area contributed by atoms with E-state index in [1.807, 2.05) is 11.3 Å². The molecule has 38 heavy (non-hydrogen) atoms. The number of nitrogens with zero attached hydrogens (tertiary/aromatic N) is 2. The first-order chi connectivity index (χ1) is 18.8. The fraction of sp³-hybridized carbons (Fsp3) is 0. The molecule has 0 bridgehead atoms. The Morgan fingerprint density at radius 2 is 1.26 bits per heavy atom. The van der Waals surface area contributed by atoms with Gasteiger partial charge in [0.1, 0.15) is 5.82 Å². The van der Waals surface area contributed by atoms with Crippen LogP contribution < -0.4 is 0 Å². The molecule has 0 aliphatic rings. The molecule has 0 saturated heterocycles. The first kappa shape index (κ1) is 21.4. The van der Waals surface area contributed by atoms with Gasteiger partial charge in [-0.15, -0.1) is 11.3 Å². The zero-order valence-corrected chi connectivity index (χ0v) is 21.3. The van der Waals surface area contributed by atoms with Crippen molar-refractivity contribution >= 4 is 53.3 Å². The lowest BCUT2D eigenvalue weighted by Gasteiger charge is -2.15. The van der Waals surface area contributed by atoms with Gasteiger partial charge < -0.3 is 0 Å². The maximum absolute atomic E-state index is 5.36. The Morgan fingerprint density at radius 3 is 2.18 bits per heavy atom. The predicted molar refractivity (Wildman–Crippen MR) is 162 cm³/mol. The molecule has 3 heteroatoms. The number of aromatic nitrogens is 2. The summed E-state index contributed by atoms with van der Waals surface area (Å²) in [5, 5.41) is 4.95. The molecule has 178 valence electrons. The van der Waals surface area contributed by atoms with Crippen molar-refractivity contribution in [2.45, 2.75) is 0 Å². The van der Waals surface area contributed by atoms with E-state index in [9.17, 15) is 0 Å². The number of benzene rings is 6. The van der Waals surface area contributed by atoms with Gasteiger partial charge in [-0.25, -0.2) is 4.98 Å². The van der Waals surface area contributed by atoms with E-state index in [1.54, 1.807) is 0 Å². The van der Waals surface area contributed by atoms with Crippen LogP contribution in [-0.2, 0) is 0 Å². The molecule has 0 N–H and O–H groups in total. The van der Waals surface area contributed by atoms with Crippen LogP contribution in [0.3, 0.4) is 0 Å². The maximum Gasteiger partial charge on any atom is 0.145 e. The van der Waals surface area contributed by atoms with Crippen LogP contribution in [0.2, 0.25) is 0 Å². The lowest BCUT2D eigenvalue weighted by atomic mass is 10.0. The van der Waals surface area contributed by atoms with E-state index in [0.29, 0.717) is 0 Å². The van der Waals surface area contributed by atoms with Crippen LogP contribution in [-0.4, -0.2) is 9.55 Å². The van der Waals surface area contributed by atoms with Gasteiger partial charge in [-0.3, -0.25) is 4.57 Å². The van der Waals surface area contributed by atoms with E-state index in [2.05, 4.69) is 138 Å². The molecule has 0 spiro atoms. The summed E-state index contributed by atoms with van der Waals surface area (Å²) in [6.45, 7) is 0. The smallest absolute Gasteiger partial charge is 0.145 e. The molecular formula is C35H22N2S. The first-order valence-corrected chi connectivity index (χ1v) is 13.6. The molecule has 0 unspecified atom stereocenters. The number of imidazole rings is 1. The predicted octanol–water partition coefficient (Wildman–Crippen LogP) is 9.88. The number of para-hydroxylation sites is 1. The summed E-state index contributed by atoms with van der Waals surface area (Å²) in [5.74, 6) is 0.955. The Bertz CT molecular complexity index is 2130. The Kier molecular flexibility index (Phi) is 4.73. The summed E-state index contributed by atoms with van der Waals surface area (Å²) < 4.78 is 4.96. The van der Waals surface area contributed by atoms with E-state index in [4.69, 9.17) is 4.98 Å². The summed E-state index contributed by atoms with van der Waals surface area (Å²) in [6.07, 6.45) is 0. The molecule has 2 heterocycles. The van der Waals surface area contributed by atoms with Gasteiger partial charge in [-0.05, 0) is 47.3 Å². The van der Waals surface area contributed by atoms with Gasteiger partial charge in [0.25, 0.3) is 0 Å². The molecule has 0 fully saturated rings. The third-order valence-electron chi connectivity index (χ3n) is 7.41. The zero-order valence-electron chi connectivity index (χ0n) is 20.5. The van der Waals surface area contributed by atoms with E-state index in [0.717, 1.165) is 28.1 Å². The van der Waals surface area contributed by atoms with Crippen LogP contribution in [0.25, 0.3) is 70.2 Å². The third-order valence-corrected chi connectivity index (χ3v) is 8.57. The minimum atomic E-state index is 0.955. The third kappa shape index (κ3) is 3.22. The molecular weight excluding hydrogens is 480 g/mol. The van der Waals surface area contributed by atoms with Crippen molar-refractivity contribution < 1.29 is 0 Å². The normalized spacial score (nSPS) is 11.7. The average molecular weight is 503 g/mol. The number of hydrogen-bond acceptors (Lipinski definition) is 2. The molecule has 0 aliphatic carbocycles. The molecule has 0 saturated carbocycles. The quantitative estimate of drug-likeness (QED) is 0.235. The Labute approximate surface area is 224 Å². The lowest BCUT2D eigenvalue weighted by Crippen LogP contribution is -2.00. The van der Waals surface area contributed by atoms with Gasteiger partial charge in [-0.1, -0.05) is 97.1 Å². The molecule has 8 rings (SSSR count). The van der Waals surface area contributed by atoms with Crippen molar-refractivity contribution in [1.82, 2.24) is 9.55 Å². The standard InChI is InChI=1S/C35H22N2S/c1-2-10-23(11-3-1)26-13-6-8-16-30(26)37-31-20-18-24-12-4-5-14-27(24)34(31)36-35(37)25-19-21-33-29(22-25)28-15-7-9-17-32(28)38-33/h1-22H. The van der Waals surface area contributed by atoms with Crippen molar-refractivity contribution in [3.63, 3.8) is 0 Å². The minimum Gasteiger partial charge on any atom is -0.292 e. The van der Waals surface area contributed by atoms with E-state index >= 15 is 0 Å². The first-order valence-electron chi connectivity index (χ1n) is 12.8. The number of hydrogen-bond donors (Lipinski definition) is 0. The molecule has 0 aliphatic heterocycles. The largest absolute Gasteiger partial charge is 0.292 e. The van der Waals surface area contributed by atoms with Crippen molar-refractivity contribution in [1.29, 1.82) is 0 Å². The van der Waals surface area contributed by atoms with Crippen LogP contribution in [0.4, 0.5) is 0 Å². The van der Waals surface area contributed by atoms with Crippen molar-refractivity contribution in [2.75, 3.05) is 0 Å². The summed E-state index contributed by atoms with van der Waals surface area (Å²) >= 11 is 1.85. The minimum absolute atomic E-state index is 0.955. The van der Waals surface area contributed by atoms with Gasteiger partial charge in [0.2, 0.25) is 0 Å². The molecule has 2 nitrogen and oxygen atoms in total. The van der Waals surface area contributed by atoms with Crippen LogP contribution in [0.5, 0.6) is 0 Å². The van der Waals surface area contributed by atoms with Crippen LogP contribution in [0.15, 0.2) is 133 Å². The second-order valence-electron chi connectivity index (χ2n) is 9.62. The SMILES string of the molecule is c1ccc(-c2ccccc2-n2c(-c3ccc4sc5ccccc5c4c3)nc3c4ccccc4ccc32)cc1. The highest BCUT2D eigenvalue weighted by Gasteiger charge is 2.19. The molecule has 0 radical (unpaired) electrons. The fourth-order valence-corrected chi connectivity index (χ4v) is 6.73. The number of rotatable bonds is 3. The summed E-state index contributed by atoms with van der Waals surface area (Å²) in [5.41, 5.74) is 6.75. The Balaban J connectivity index is 1.48. The van der Waals surface area contributed by atoms with Crippen LogP contribution in [0, 0.1) is 0 Å². The summed E-state index contributed by atoms with van der Waals surface area (Å²) in [4.78, 5) is 5.36. The van der Waals surface area contributed by atoms with E-state index in [-0.39, 0.29) is 0 Å². The maximum atomic E-state index is 5.36. The highest BCUT2D eigenvalue weighted by molar-refractivity contribution is 7.25. The molecule has 6 aromatic carbocycles. The molecule has 2 aromatic heterocycles. The Hall–Kier alpha value is -4.73. The van der Waals surface area contributed by atoms with E-state index in [1.165, 1.54) is 42.1 Å². The van der Waals surface area contributed by atoms with Crippen molar-refractivity contribution in [3.8, 4) is 28.2 Å². The van der Waals surface area contributed by atoms with E-state index < -0.39 is 0 Å². The Morgan fingerprint density at radius 1 is 0.526 bits per heavy atom. The van der Waals surface area contributed by atoms with Crippen molar-refractivity contribution in [3.05, 3.63) is 133 Å². The van der Waals surface area contributed by atoms with Crippen molar-refractivity contribution in [2.24, 2.45) is 0 Å². The molecule has 0 amide bonds. The molecule has 0 atom stereocenters. The zero-order chi connectivity index (χ0) is 25.1. The van der Waals surface area contributed by atoms with Crippen LogP contribution in [0.1, 0.15) is 0 Å². The van der Waals surface area contributed by atoms with Gasteiger partial charge in [0, 0.05) is 36.7 Å². The lowest BCUT2D eigenvalue weighted by molar-refractivity contribution is 1.11. The summed E-state index contributed by atoms with van der Waals surface area (Å²) in [6, 6.07) is 47.7. The van der Waals surface area contributed by atoms with Gasteiger partial charge >= 0.3 is 0 Å². The monoisotopic (exact) mass is 502 g/mol. The second kappa shape index (κ2) is 8.41. The molecule has 8 aromatic rings.